The van der Waals surface area contributed by atoms with Crippen LogP contribution in [-0.4, -0.2) is 17.6 Å². The highest BCUT2D eigenvalue weighted by atomic mass is 19.1. The van der Waals surface area contributed by atoms with Gasteiger partial charge in [-0.3, -0.25) is 0 Å². The van der Waals surface area contributed by atoms with Gasteiger partial charge in [0.2, 0.25) is 0 Å². The first-order valence-electron chi connectivity index (χ1n) is 5.51. The number of nitrogens with one attached hydrogen (secondary N) is 1. The van der Waals surface area contributed by atoms with E-state index in [1.807, 2.05) is 0 Å². The van der Waals surface area contributed by atoms with Crippen LogP contribution in [0.3, 0.4) is 0 Å². The maximum atomic E-state index is 12.7. The Morgan fingerprint density at radius 2 is 2.12 bits per heavy atom. The third-order valence-corrected chi connectivity index (χ3v) is 2.55. The fraction of sp³-hybridized carbons (Fsp3) is 0.583. The number of anilines is 1. The fourth-order valence-electron chi connectivity index (χ4n) is 1.53. The number of aromatic nitrogens is 1. The van der Waals surface area contributed by atoms with Gasteiger partial charge >= 0.3 is 0 Å². The predicted octanol–water partition coefficient (Wildman–Crippen LogP) is 2.40. The van der Waals surface area contributed by atoms with Gasteiger partial charge in [-0.25, -0.2) is 9.37 Å². The normalized spacial score (nSPS) is 13.6. The third-order valence-electron chi connectivity index (χ3n) is 2.55. The maximum absolute atomic E-state index is 12.7. The zero-order valence-corrected chi connectivity index (χ0v) is 10.1. The Morgan fingerprint density at radius 1 is 1.44 bits per heavy atom. The van der Waals surface area contributed by atoms with E-state index in [1.165, 1.54) is 12.3 Å². The van der Waals surface area contributed by atoms with Crippen LogP contribution in [0.25, 0.3) is 0 Å². The highest BCUT2D eigenvalue weighted by Gasteiger charge is 2.23. The molecule has 1 rings (SSSR count). The summed E-state index contributed by atoms with van der Waals surface area (Å²) in [4.78, 5) is 3.99. The molecule has 0 aromatic carbocycles. The summed E-state index contributed by atoms with van der Waals surface area (Å²) in [5.41, 5.74) is 5.68. The molecule has 1 aromatic heterocycles. The monoisotopic (exact) mass is 225 g/mol. The maximum Gasteiger partial charge on any atom is 0.141 e. The van der Waals surface area contributed by atoms with Crippen molar-refractivity contribution in [1.82, 2.24) is 4.98 Å². The summed E-state index contributed by atoms with van der Waals surface area (Å²) in [6.07, 6.45) is 2.08. The molecule has 0 fully saturated rings. The van der Waals surface area contributed by atoms with Crippen LogP contribution in [0.1, 0.15) is 27.2 Å². The van der Waals surface area contributed by atoms with Crippen molar-refractivity contribution in [2.45, 2.75) is 33.2 Å². The standard InChI is InChI=1S/C12H20FN3/c1-12(2,3)10(6-7-14)16-11-5-4-9(13)8-15-11/h4-5,8,10H,6-7,14H2,1-3H3,(H,15,16). The molecule has 0 saturated carbocycles. The second-order valence-electron chi connectivity index (χ2n) is 5.00. The van der Waals surface area contributed by atoms with Crippen molar-refractivity contribution < 1.29 is 4.39 Å². The molecule has 4 heteroatoms. The van der Waals surface area contributed by atoms with Crippen molar-refractivity contribution >= 4 is 5.82 Å². The number of rotatable bonds is 4. The quantitative estimate of drug-likeness (QED) is 0.827. The minimum Gasteiger partial charge on any atom is -0.367 e. The van der Waals surface area contributed by atoms with Crippen LogP contribution >= 0.6 is 0 Å². The van der Waals surface area contributed by atoms with Gasteiger partial charge in [-0.15, -0.1) is 0 Å². The van der Waals surface area contributed by atoms with E-state index in [4.69, 9.17) is 5.73 Å². The Hall–Kier alpha value is -1.16. The lowest BCUT2D eigenvalue weighted by Gasteiger charge is -2.31. The number of pyridine rings is 1. The zero-order chi connectivity index (χ0) is 12.2. The fourth-order valence-corrected chi connectivity index (χ4v) is 1.53. The molecule has 3 nitrogen and oxygen atoms in total. The van der Waals surface area contributed by atoms with Crippen molar-refractivity contribution in [3.8, 4) is 0 Å². The summed E-state index contributed by atoms with van der Waals surface area (Å²) in [6, 6.07) is 3.28. The minimum absolute atomic E-state index is 0.0927. The summed E-state index contributed by atoms with van der Waals surface area (Å²) in [5.74, 6) is 0.367. The molecule has 16 heavy (non-hydrogen) atoms. The molecule has 0 aliphatic rings. The van der Waals surface area contributed by atoms with Crippen LogP contribution in [-0.2, 0) is 0 Å². The molecular weight excluding hydrogens is 205 g/mol. The number of halogens is 1. The van der Waals surface area contributed by atoms with Gasteiger partial charge in [0.1, 0.15) is 11.6 Å². The van der Waals surface area contributed by atoms with Gasteiger partial charge < -0.3 is 11.1 Å². The molecule has 1 aromatic rings. The summed E-state index contributed by atoms with van der Waals surface area (Å²) >= 11 is 0. The molecule has 90 valence electrons. The van der Waals surface area contributed by atoms with E-state index in [-0.39, 0.29) is 17.3 Å². The number of nitrogens with zero attached hydrogens (tertiary/aromatic N) is 1. The molecule has 0 aliphatic carbocycles. The van der Waals surface area contributed by atoms with Gasteiger partial charge in [-0.2, -0.15) is 0 Å². The van der Waals surface area contributed by atoms with Crippen molar-refractivity contribution in [2.24, 2.45) is 11.1 Å². The van der Waals surface area contributed by atoms with Crippen LogP contribution < -0.4 is 11.1 Å². The lowest BCUT2D eigenvalue weighted by atomic mass is 9.85. The van der Waals surface area contributed by atoms with Gasteiger partial charge in [0.25, 0.3) is 0 Å². The Morgan fingerprint density at radius 3 is 2.56 bits per heavy atom. The van der Waals surface area contributed by atoms with Gasteiger partial charge in [-0.05, 0) is 30.5 Å². The second-order valence-corrected chi connectivity index (χ2v) is 5.00. The first-order valence-corrected chi connectivity index (χ1v) is 5.51. The molecule has 1 heterocycles. The lowest BCUT2D eigenvalue weighted by Crippen LogP contribution is -2.36. The van der Waals surface area contributed by atoms with Gasteiger partial charge in [0.15, 0.2) is 0 Å². The van der Waals surface area contributed by atoms with E-state index in [2.05, 4.69) is 31.1 Å². The molecule has 0 amide bonds. The van der Waals surface area contributed by atoms with E-state index < -0.39 is 0 Å². The van der Waals surface area contributed by atoms with Crippen LogP contribution in [0.5, 0.6) is 0 Å². The Bertz CT molecular complexity index is 316. The minimum atomic E-state index is -0.323. The zero-order valence-electron chi connectivity index (χ0n) is 10.1. The van der Waals surface area contributed by atoms with E-state index in [0.717, 1.165) is 6.42 Å². The van der Waals surface area contributed by atoms with Crippen molar-refractivity contribution in [3.05, 3.63) is 24.1 Å². The third kappa shape index (κ3) is 3.77. The van der Waals surface area contributed by atoms with E-state index >= 15 is 0 Å². The van der Waals surface area contributed by atoms with Gasteiger partial charge in [-0.1, -0.05) is 20.8 Å². The van der Waals surface area contributed by atoms with E-state index in [0.29, 0.717) is 12.4 Å². The first-order chi connectivity index (χ1) is 7.43. The van der Waals surface area contributed by atoms with Crippen molar-refractivity contribution in [3.63, 3.8) is 0 Å². The molecule has 0 radical (unpaired) electrons. The molecule has 1 unspecified atom stereocenters. The Labute approximate surface area is 96.3 Å². The smallest absolute Gasteiger partial charge is 0.141 e. The number of nitrogens with two attached hydrogens (primary N) is 1. The van der Waals surface area contributed by atoms with E-state index in [1.54, 1.807) is 6.07 Å². The Kier molecular flexibility index (Phi) is 4.24. The molecule has 0 aliphatic heterocycles. The summed E-state index contributed by atoms with van der Waals surface area (Å²) < 4.78 is 12.7. The SMILES string of the molecule is CC(C)(C)C(CCN)Nc1ccc(F)cn1. The molecule has 1 atom stereocenters. The summed E-state index contributed by atoms with van der Waals surface area (Å²) in [7, 11) is 0. The molecule has 0 spiro atoms. The van der Waals surface area contributed by atoms with Gasteiger partial charge in [0, 0.05) is 6.04 Å². The largest absolute Gasteiger partial charge is 0.367 e. The molecule has 3 N–H and O–H groups in total. The highest BCUT2D eigenvalue weighted by molar-refractivity contribution is 5.35. The van der Waals surface area contributed by atoms with Crippen LogP contribution in [0, 0.1) is 11.2 Å². The molecular formula is C12H20FN3. The topological polar surface area (TPSA) is 50.9 Å². The van der Waals surface area contributed by atoms with Crippen molar-refractivity contribution in [2.75, 3.05) is 11.9 Å². The van der Waals surface area contributed by atoms with Crippen LogP contribution in [0.2, 0.25) is 0 Å². The molecule has 0 bridgehead atoms. The summed E-state index contributed by atoms with van der Waals surface area (Å²) in [5, 5.41) is 3.29. The lowest BCUT2D eigenvalue weighted by molar-refractivity contribution is 0.328. The predicted molar refractivity (Wildman–Crippen MR) is 64.7 cm³/mol. The first kappa shape index (κ1) is 12.9. The van der Waals surface area contributed by atoms with Crippen LogP contribution in [0.15, 0.2) is 18.3 Å². The Balaban J connectivity index is 2.72. The second kappa shape index (κ2) is 5.25. The van der Waals surface area contributed by atoms with Crippen LogP contribution in [0.4, 0.5) is 10.2 Å². The van der Waals surface area contributed by atoms with Crippen molar-refractivity contribution in [1.29, 1.82) is 0 Å². The highest BCUT2D eigenvalue weighted by Crippen LogP contribution is 2.24. The summed E-state index contributed by atoms with van der Waals surface area (Å²) in [6.45, 7) is 7.05. The van der Waals surface area contributed by atoms with E-state index in [9.17, 15) is 4.39 Å². The number of hydrogen-bond donors (Lipinski definition) is 2. The average Bonchev–Trinajstić information content (AvgIpc) is 2.19. The molecule has 0 saturated heterocycles. The number of hydrogen-bond acceptors (Lipinski definition) is 3. The van der Waals surface area contributed by atoms with Gasteiger partial charge in [0.05, 0.1) is 6.20 Å². The average molecular weight is 225 g/mol.